The van der Waals surface area contributed by atoms with Crippen molar-refractivity contribution in [3.8, 4) is 0 Å². The van der Waals surface area contributed by atoms with Gasteiger partial charge in [0.2, 0.25) is 5.91 Å². The van der Waals surface area contributed by atoms with E-state index in [0.29, 0.717) is 0 Å². The molecular weight excluding hydrogens is 174 g/mol. The van der Waals surface area contributed by atoms with Crippen molar-refractivity contribution in [1.82, 2.24) is 4.90 Å². The van der Waals surface area contributed by atoms with Crippen molar-refractivity contribution in [2.75, 3.05) is 13.1 Å². The van der Waals surface area contributed by atoms with Crippen LogP contribution in [0.1, 0.15) is 40.5 Å². The summed E-state index contributed by atoms with van der Waals surface area (Å²) in [6.07, 6.45) is 2.45. The molecule has 2 nitrogen and oxygen atoms in total. The van der Waals surface area contributed by atoms with Crippen LogP contribution in [0.15, 0.2) is 0 Å². The maximum absolute atomic E-state index is 11.2. The molecule has 1 saturated heterocycles. The van der Waals surface area contributed by atoms with Crippen LogP contribution in [0.3, 0.4) is 0 Å². The number of rotatable bonds is 3. The van der Waals surface area contributed by atoms with Gasteiger partial charge in [0.25, 0.3) is 0 Å². The fourth-order valence-electron chi connectivity index (χ4n) is 2.77. The van der Waals surface area contributed by atoms with E-state index in [2.05, 4.69) is 20.8 Å². The molecule has 1 heterocycles. The van der Waals surface area contributed by atoms with Gasteiger partial charge in [0.05, 0.1) is 0 Å². The first-order valence-corrected chi connectivity index (χ1v) is 5.81. The van der Waals surface area contributed by atoms with Gasteiger partial charge in [0.15, 0.2) is 0 Å². The zero-order valence-electron chi connectivity index (χ0n) is 9.92. The number of carbonyl (C=O) groups excluding carboxylic acids is 1. The third kappa shape index (κ3) is 2.49. The molecule has 0 N–H and O–H groups in total. The fraction of sp³-hybridized carbons (Fsp3) is 0.917. The second-order valence-electron chi connectivity index (χ2n) is 4.83. The van der Waals surface area contributed by atoms with Crippen LogP contribution in [0, 0.1) is 17.8 Å². The van der Waals surface area contributed by atoms with E-state index in [1.165, 1.54) is 12.8 Å². The molecule has 0 bridgehead atoms. The van der Waals surface area contributed by atoms with Crippen molar-refractivity contribution in [1.29, 1.82) is 0 Å². The summed E-state index contributed by atoms with van der Waals surface area (Å²) in [7, 11) is 0. The Morgan fingerprint density at radius 2 is 2.14 bits per heavy atom. The van der Waals surface area contributed by atoms with E-state index in [-0.39, 0.29) is 5.91 Å². The predicted octanol–water partition coefficient (Wildman–Crippen LogP) is 2.54. The van der Waals surface area contributed by atoms with Gasteiger partial charge in [-0.1, -0.05) is 27.2 Å². The lowest BCUT2D eigenvalue weighted by molar-refractivity contribution is -0.128. The summed E-state index contributed by atoms with van der Waals surface area (Å²) in [6, 6.07) is 0. The SMILES string of the molecule is CCC(C(C)C)C1CCN(C(C)=O)C1. The largest absolute Gasteiger partial charge is 0.343 e. The molecule has 0 radical (unpaired) electrons. The highest BCUT2D eigenvalue weighted by atomic mass is 16.2. The van der Waals surface area contributed by atoms with E-state index in [0.717, 1.165) is 30.8 Å². The van der Waals surface area contributed by atoms with Crippen molar-refractivity contribution in [3.63, 3.8) is 0 Å². The molecule has 1 rings (SSSR count). The summed E-state index contributed by atoms with van der Waals surface area (Å²) in [5, 5.41) is 0. The average molecular weight is 197 g/mol. The molecule has 0 saturated carbocycles. The summed E-state index contributed by atoms with van der Waals surface area (Å²) in [5.41, 5.74) is 0. The Labute approximate surface area is 87.7 Å². The van der Waals surface area contributed by atoms with Gasteiger partial charge in [0.1, 0.15) is 0 Å². The van der Waals surface area contributed by atoms with Gasteiger partial charge in [-0.05, 0) is 24.2 Å². The van der Waals surface area contributed by atoms with Gasteiger partial charge in [-0.25, -0.2) is 0 Å². The summed E-state index contributed by atoms with van der Waals surface area (Å²) in [4.78, 5) is 13.2. The van der Waals surface area contributed by atoms with Crippen molar-refractivity contribution in [2.24, 2.45) is 17.8 Å². The van der Waals surface area contributed by atoms with E-state index in [1.807, 2.05) is 4.90 Å². The van der Waals surface area contributed by atoms with E-state index in [4.69, 9.17) is 0 Å². The van der Waals surface area contributed by atoms with E-state index < -0.39 is 0 Å². The lowest BCUT2D eigenvalue weighted by Crippen LogP contribution is -2.28. The highest BCUT2D eigenvalue weighted by Gasteiger charge is 2.30. The monoisotopic (exact) mass is 197 g/mol. The molecule has 1 fully saturated rings. The Morgan fingerprint density at radius 1 is 1.50 bits per heavy atom. The van der Waals surface area contributed by atoms with Crippen LogP contribution in [0.5, 0.6) is 0 Å². The van der Waals surface area contributed by atoms with Crippen molar-refractivity contribution in [3.05, 3.63) is 0 Å². The minimum absolute atomic E-state index is 0.242. The first-order valence-electron chi connectivity index (χ1n) is 5.81. The minimum Gasteiger partial charge on any atom is -0.343 e. The summed E-state index contributed by atoms with van der Waals surface area (Å²) in [6.45, 7) is 10.5. The van der Waals surface area contributed by atoms with E-state index in [9.17, 15) is 4.79 Å². The van der Waals surface area contributed by atoms with Crippen LogP contribution >= 0.6 is 0 Å². The van der Waals surface area contributed by atoms with Gasteiger partial charge < -0.3 is 4.90 Å². The van der Waals surface area contributed by atoms with Crippen LogP contribution in [0.2, 0.25) is 0 Å². The Balaban J connectivity index is 2.51. The summed E-state index contributed by atoms with van der Waals surface area (Å²) < 4.78 is 0. The topological polar surface area (TPSA) is 20.3 Å². The number of likely N-dealkylation sites (tertiary alicyclic amines) is 1. The molecule has 0 spiro atoms. The smallest absolute Gasteiger partial charge is 0.219 e. The molecule has 1 amide bonds. The second kappa shape index (κ2) is 4.81. The fourth-order valence-corrected chi connectivity index (χ4v) is 2.77. The Hall–Kier alpha value is -0.530. The van der Waals surface area contributed by atoms with Crippen molar-refractivity contribution in [2.45, 2.75) is 40.5 Å². The quantitative estimate of drug-likeness (QED) is 0.681. The molecule has 14 heavy (non-hydrogen) atoms. The van der Waals surface area contributed by atoms with Gasteiger partial charge >= 0.3 is 0 Å². The van der Waals surface area contributed by atoms with Crippen LogP contribution in [0.25, 0.3) is 0 Å². The van der Waals surface area contributed by atoms with Crippen LogP contribution in [-0.4, -0.2) is 23.9 Å². The zero-order valence-corrected chi connectivity index (χ0v) is 9.92. The number of hydrogen-bond donors (Lipinski definition) is 0. The number of hydrogen-bond acceptors (Lipinski definition) is 1. The van der Waals surface area contributed by atoms with Gasteiger partial charge in [-0.2, -0.15) is 0 Å². The van der Waals surface area contributed by atoms with Crippen molar-refractivity contribution >= 4 is 5.91 Å². The zero-order chi connectivity index (χ0) is 10.7. The second-order valence-corrected chi connectivity index (χ2v) is 4.83. The molecule has 1 aliphatic heterocycles. The lowest BCUT2D eigenvalue weighted by atomic mass is 9.81. The first-order chi connectivity index (χ1) is 6.56. The maximum atomic E-state index is 11.2. The maximum Gasteiger partial charge on any atom is 0.219 e. The molecular formula is C12H23NO. The molecule has 1 aliphatic rings. The summed E-state index contributed by atoms with van der Waals surface area (Å²) >= 11 is 0. The molecule has 0 aromatic rings. The number of amides is 1. The highest BCUT2D eigenvalue weighted by Crippen LogP contribution is 2.31. The Kier molecular flexibility index (Phi) is 3.97. The molecule has 0 aliphatic carbocycles. The molecule has 2 heteroatoms. The molecule has 82 valence electrons. The van der Waals surface area contributed by atoms with Crippen molar-refractivity contribution < 1.29 is 4.79 Å². The van der Waals surface area contributed by atoms with Gasteiger partial charge in [0, 0.05) is 20.0 Å². The first kappa shape index (κ1) is 11.5. The van der Waals surface area contributed by atoms with Crippen LogP contribution in [0.4, 0.5) is 0 Å². The summed E-state index contributed by atoms with van der Waals surface area (Å²) in [5.74, 6) is 2.52. The van der Waals surface area contributed by atoms with Crippen LogP contribution in [-0.2, 0) is 4.79 Å². The normalized spacial score (nSPS) is 24.4. The van der Waals surface area contributed by atoms with Gasteiger partial charge in [-0.3, -0.25) is 4.79 Å². The third-order valence-electron chi connectivity index (χ3n) is 3.60. The standard InChI is InChI=1S/C12H23NO/c1-5-12(9(2)3)11-6-7-13(8-11)10(4)14/h9,11-12H,5-8H2,1-4H3. The Bertz CT molecular complexity index is 200. The Morgan fingerprint density at radius 3 is 2.50 bits per heavy atom. The minimum atomic E-state index is 0.242. The van der Waals surface area contributed by atoms with Gasteiger partial charge in [-0.15, -0.1) is 0 Å². The van der Waals surface area contributed by atoms with E-state index >= 15 is 0 Å². The molecule has 2 atom stereocenters. The third-order valence-corrected chi connectivity index (χ3v) is 3.60. The predicted molar refractivity (Wildman–Crippen MR) is 59.0 cm³/mol. The number of nitrogens with zero attached hydrogens (tertiary/aromatic N) is 1. The molecule has 2 unspecified atom stereocenters. The van der Waals surface area contributed by atoms with E-state index in [1.54, 1.807) is 6.92 Å². The van der Waals surface area contributed by atoms with Crippen LogP contribution < -0.4 is 0 Å². The average Bonchev–Trinajstić information content (AvgIpc) is 2.53. The number of carbonyl (C=O) groups is 1. The molecule has 0 aromatic carbocycles. The molecule has 0 aromatic heterocycles. The lowest BCUT2D eigenvalue weighted by Gasteiger charge is -2.25. The highest BCUT2D eigenvalue weighted by molar-refractivity contribution is 5.73.